The minimum absolute atomic E-state index is 0.0700. The smallest absolute Gasteiger partial charge is 0.223 e. The zero-order valence-electron chi connectivity index (χ0n) is 9.35. The van der Waals surface area contributed by atoms with E-state index < -0.39 is 0 Å². The van der Waals surface area contributed by atoms with Crippen LogP contribution in [0.1, 0.15) is 41.0 Å². The van der Waals surface area contributed by atoms with Crippen LogP contribution in [0.3, 0.4) is 0 Å². The molecule has 2 nitrogen and oxygen atoms in total. The molecule has 2 heteroatoms. The molecule has 0 saturated heterocycles. The van der Waals surface area contributed by atoms with Gasteiger partial charge in [0, 0.05) is 11.5 Å². The molecule has 0 aromatic heterocycles. The van der Waals surface area contributed by atoms with Gasteiger partial charge in [0.1, 0.15) is 0 Å². The van der Waals surface area contributed by atoms with Crippen LogP contribution in [0.5, 0.6) is 0 Å². The molecule has 1 N–H and O–H groups in total. The molecule has 1 aliphatic carbocycles. The topological polar surface area (TPSA) is 29.1 Å². The Bertz CT molecular complexity index is 208. The maximum absolute atomic E-state index is 11.6. The van der Waals surface area contributed by atoms with E-state index in [1.54, 1.807) is 0 Å². The quantitative estimate of drug-likeness (QED) is 0.714. The van der Waals surface area contributed by atoms with Crippen molar-refractivity contribution in [2.75, 3.05) is 0 Å². The van der Waals surface area contributed by atoms with Crippen molar-refractivity contribution >= 4 is 5.91 Å². The summed E-state index contributed by atoms with van der Waals surface area (Å²) in [7, 11) is 0. The van der Waals surface area contributed by atoms with Crippen LogP contribution in [0.2, 0.25) is 0 Å². The molecule has 0 radical (unpaired) electrons. The highest BCUT2D eigenvalue weighted by Gasteiger charge is 2.41. The lowest BCUT2D eigenvalue weighted by atomic mass is 9.90. The molecule has 0 heterocycles. The van der Waals surface area contributed by atoms with E-state index in [1.807, 2.05) is 0 Å². The zero-order valence-corrected chi connectivity index (χ0v) is 9.35. The average Bonchev–Trinajstić information content (AvgIpc) is 2.65. The standard InChI is InChI=1S/C11H21NO/c1-7(2)11(4,5)12-10(13)9-6-8(9)3/h7-9H,6H2,1-5H3,(H,12,13)/t8-,9-/m0/s1. The molecule has 0 bridgehead atoms. The van der Waals surface area contributed by atoms with E-state index in [2.05, 4.69) is 39.9 Å². The van der Waals surface area contributed by atoms with E-state index in [-0.39, 0.29) is 17.4 Å². The Morgan fingerprint density at radius 2 is 1.92 bits per heavy atom. The molecular formula is C11H21NO. The number of nitrogens with one attached hydrogen (secondary N) is 1. The molecule has 0 unspecified atom stereocenters. The maximum atomic E-state index is 11.6. The van der Waals surface area contributed by atoms with Crippen molar-refractivity contribution in [3.8, 4) is 0 Å². The van der Waals surface area contributed by atoms with Crippen LogP contribution < -0.4 is 5.32 Å². The van der Waals surface area contributed by atoms with Crippen molar-refractivity contribution in [1.82, 2.24) is 5.32 Å². The molecule has 1 saturated carbocycles. The summed E-state index contributed by atoms with van der Waals surface area (Å²) >= 11 is 0. The average molecular weight is 183 g/mol. The second kappa shape index (κ2) is 3.32. The first-order valence-electron chi connectivity index (χ1n) is 5.16. The van der Waals surface area contributed by atoms with Gasteiger partial charge in [-0.05, 0) is 32.1 Å². The van der Waals surface area contributed by atoms with Gasteiger partial charge in [0.25, 0.3) is 0 Å². The highest BCUT2D eigenvalue weighted by atomic mass is 16.2. The second-order valence-electron chi connectivity index (χ2n) is 5.19. The third-order valence-electron chi connectivity index (χ3n) is 3.33. The molecule has 1 fully saturated rings. The van der Waals surface area contributed by atoms with Crippen molar-refractivity contribution in [2.24, 2.45) is 17.8 Å². The summed E-state index contributed by atoms with van der Waals surface area (Å²) in [4.78, 5) is 11.6. The molecule has 1 rings (SSSR count). The fourth-order valence-electron chi connectivity index (χ4n) is 1.24. The minimum Gasteiger partial charge on any atom is -0.351 e. The van der Waals surface area contributed by atoms with Gasteiger partial charge in [0.15, 0.2) is 0 Å². The van der Waals surface area contributed by atoms with Gasteiger partial charge in [-0.25, -0.2) is 0 Å². The van der Waals surface area contributed by atoms with Crippen LogP contribution in [0.4, 0.5) is 0 Å². The normalized spacial score (nSPS) is 27.5. The zero-order chi connectivity index (χ0) is 10.2. The lowest BCUT2D eigenvalue weighted by Crippen LogP contribution is -2.48. The minimum atomic E-state index is -0.0700. The van der Waals surface area contributed by atoms with Crippen LogP contribution in [-0.2, 0) is 4.79 Å². The van der Waals surface area contributed by atoms with Crippen LogP contribution >= 0.6 is 0 Å². The summed E-state index contributed by atoms with van der Waals surface area (Å²) in [6, 6.07) is 0. The third kappa shape index (κ3) is 2.45. The highest BCUT2D eigenvalue weighted by molar-refractivity contribution is 5.82. The molecule has 76 valence electrons. The number of carbonyl (C=O) groups is 1. The van der Waals surface area contributed by atoms with Crippen LogP contribution in [0, 0.1) is 17.8 Å². The first kappa shape index (κ1) is 10.6. The van der Waals surface area contributed by atoms with Crippen LogP contribution in [0.15, 0.2) is 0 Å². The number of hydrogen-bond acceptors (Lipinski definition) is 1. The summed E-state index contributed by atoms with van der Waals surface area (Å²) in [5, 5.41) is 3.11. The predicted octanol–water partition coefficient (Wildman–Crippen LogP) is 2.19. The Kier molecular flexibility index (Phi) is 2.69. The maximum Gasteiger partial charge on any atom is 0.223 e. The summed E-state index contributed by atoms with van der Waals surface area (Å²) in [6.07, 6.45) is 1.07. The molecule has 1 aliphatic rings. The predicted molar refractivity (Wildman–Crippen MR) is 54.3 cm³/mol. The van der Waals surface area contributed by atoms with Gasteiger partial charge >= 0.3 is 0 Å². The Morgan fingerprint density at radius 3 is 2.23 bits per heavy atom. The molecule has 2 atom stereocenters. The lowest BCUT2D eigenvalue weighted by molar-refractivity contribution is -0.124. The van der Waals surface area contributed by atoms with Gasteiger partial charge in [-0.3, -0.25) is 4.79 Å². The van der Waals surface area contributed by atoms with Crippen LogP contribution in [0.25, 0.3) is 0 Å². The van der Waals surface area contributed by atoms with Crippen LogP contribution in [-0.4, -0.2) is 11.4 Å². The Labute approximate surface area is 81.1 Å². The SMILES string of the molecule is CC(C)C(C)(C)NC(=O)[C@H]1C[C@@H]1C. The van der Waals surface area contributed by atoms with Crippen molar-refractivity contribution < 1.29 is 4.79 Å². The number of amides is 1. The molecule has 1 amide bonds. The van der Waals surface area contributed by atoms with Gasteiger partial charge in [-0.15, -0.1) is 0 Å². The van der Waals surface area contributed by atoms with Gasteiger partial charge in [-0.1, -0.05) is 20.8 Å². The molecule has 13 heavy (non-hydrogen) atoms. The summed E-state index contributed by atoms with van der Waals surface area (Å²) < 4.78 is 0. The van der Waals surface area contributed by atoms with E-state index in [9.17, 15) is 4.79 Å². The highest BCUT2D eigenvalue weighted by Crippen LogP contribution is 2.38. The van der Waals surface area contributed by atoms with E-state index >= 15 is 0 Å². The fourth-order valence-corrected chi connectivity index (χ4v) is 1.24. The van der Waals surface area contributed by atoms with E-state index in [0.717, 1.165) is 6.42 Å². The van der Waals surface area contributed by atoms with Crippen molar-refractivity contribution in [1.29, 1.82) is 0 Å². The number of hydrogen-bond donors (Lipinski definition) is 1. The Hall–Kier alpha value is -0.530. The molecule has 0 aromatic carbocycles. The first-order chi connectivity index (χ1) is 5.84. The summed E-state index contributed by atoms with van der Waals surface area (Å²) in [5.74, 6) is 1.61. The van der Waals surface area contributed by atoms with Gasteiger partial charge in [0.2, 0.25) is 5.91 Å². The molecular weight excluding hydrogens is 162 g/mol. The Balaban J connectivity index is 2.44. The van der Waals surface area contributed by atoms with E-state index in [0.29, 0.717) is 11.8 Å². The second-order valence-corrected chi connectivity index (χ2v) is 5.19. The first-order valence-corrected chi connectivity index (χ1v) is 5.16. The van der Waals surface area contributed by atoms with Crippen molar-refractivity contribution in [2.45, 2.75) is 46.6 Å². The summed E-state index contributed by atoms with van der Waals surface area (Å²) in [6.45, 7) is 10.6. The van der Waals surface area contributed by atoms with Gasteiger partial charge in [0.05, 0.1) is 0 Å². The summed E-state index contributed by atoms with van der Waals surface area (Å²) in [5.41, 5.74) is -0.0700. The largest absolute Gasteiger partial charge is 0.351 e. The third-order valence-corrected chi connectivity index (χ3v) is 3.33. The lowest BCUT2D eigenvalue weighted by Gasteiger charge is -2.30. The number of rotatable bonds is 3. The van der Waals surface area contributed by atoms with E-state index in [1.165, 1.54) is 0 Å². The van der Waals surface area contributed by atoms with Gasteiger partial charge < -0.3 is 5.32 Å². The molecule has 0 spiro atoms. The van der Waals surface area contributed by atoms with Gasteiger partial charge in [-0.2, -0.15) is 0 Å². The number of carbonyl (C=O) groups excluding carboxylic acids is 1. The van der Waals surface area contributed by atoms with E-state index in [4.69, 9.17) is 0 Å². The Morgan fingerprint density at radius 1 is 1.46 bits per heavy atom. The molecule has 0 aliphatic heterocycles. The van der Waals surface area contributed by atoms with Crippen molar-refractivity contribution in [3.05, 3.63) is 0 Å². The monoisotopic (exact) mass is 183 g/mol. The molecule has 0 aromatic rings. The fraction of sp³-hybridized carbons (Fsp3) is 0.909. The van der Waals surface area contributed by atoms with Crippen molar-refractivity contribution in [3.63, 3.8) is 0 Å².